The lowest BCUT2D eigenvalue weighted by molar-refractivity contribution is -0.136. The van der Waals surface area contributed by atoms with Crippen LogP contribution >= 0.6 is 0 Å². The van der Waals surface area contributed by atoms with Gasteiger partial charge in [0, 0.05) is 17.8 Å². The summed E-state index contributed by atoms with van der Waals surface area (Å²) in [4.78, 5) is 21.8. The summed E-state index contributed by atoms with van der Waals surface area (Å²) in [6.45, 7) is 2.30. The molecule has 0 unspecified atom stereocenters. The van der Waals surface area contributed by atoms with Crippen molar-refractivity contribution < 1.29 is 23.1 Å². The number of aliphatic carboxylic acids is 1. The van der Waals surface area contributed by atoms with E-state index in [1.165, 1.54) is 24.3 Å². The maximum Gasteiger partial charge on any atom is 0.304 e. The summed E-state index contributed by atoms with van der Waals surface area (Å²) in [7, 11) is -3.70. The molecule has 0 aliphatic rings. The highest BCUT2D eigenvalue weighted by molar-refractivity contribution is 7.92. The first-order chi connectivity index (χ1) is 9.34. The molecule has 0 bridgehead atoms. The molecule has 0 aromatic heterocycles. The third kappa shape index (κ3) is 5.27. The number of sulfonamides is 1. The van der Waals surface area contributed by atoms with E-state index in [1.54, 1.807) is 6.92 Å². The molecule has 0 aliphatic carbocycles. The second-order valence-corrected chi connectivity index (χ2v) is 5.84. The Bertz CT molecular complexity index is 580. The van der Waals surface area contributed by atoms with E-state index in [-0.39, 0.29) is 11.6 Å². The maximum absolute atomic E-state index is 11.6. The van der Waals surface area contributed by atoms with Crippen molar-refractivity contribution in [2.75, 3.05) is 17.0 Å². The van der Waals surface area contributed by atoms with Gasteiger partial charge in [-0.2, -0.15) is 0 Å². The molecule has 1 aromatic rings. The van der Waals surface area contributed by atoms with Crippen LogP contribution in [0.2, 0.25) is 0 Å². The molecule has 1 rings (SSSR count). The molecular weight excluding hydrogens is 284 g/mol. The molecule has 20 heavy (non-hydrogen) atoms. The highest BCUT2D eigenvalue weighted by Gasteiger charge is 2.13. The number of hydrogen-bond acceptors (Lipinski definition) is 4. The predicted molar refractivity (Wildman–Crippen MR) is 74.1 cm³/mol. The standard InChI is InChI=1S/C12H16N2O5S/c1-2-13-12(17)9-3-5-10(6-4-9)14-20(18,19)8-7-11(15)16/h3-6,14H,2,7-8H2,1H3,(H,13,17)(H,15,16). The van der Waals surface area contributed by atoms with Crippen LogP contribution in [0, 0.1) is 0 Å². The Morgan fingerprint density at radius 2 is 1.80 bits per heavy atom. The molecule has 8 heteroatoms. The minimum Gasteiger partial charge on any atom is -0.481 e. The fourth-order valence-electron chi connectivity index (χ4n) is 1.40. The molecule has 0 atom stereocenters. The van der Waals surface area contributed by atoms with Crippen molar-refractivity contribution in [2.24, 2.45) is 0 Å². The second-order valence-electron chi connectivity index (χ2n) is 4.00. The largest absolute Gasteiger partial charge is 0.481 e. The highest BCUT2D eigenvalue weighted by atomic mass is 32.2. The lowest BCUT2D eigenvalue weighted by atomic mass is 10.2. The molecule has 110 valence electrons. The Hall–Kier alpha value is -2.09. The fraction of sp³-hybridized carbons (Fsp3) is 0.333. The molecule has 7 nitrogen and oxygen atoms in total. The van der Waals surface area contributed by atoms with E-state index in [2.05, 4.69) is 10.0 Å². The molecule has 0 aliphatic heterocycles. The van der Waals surface area contributed by atoms with Gasteiger partial charge in [-0.15, -0.1) is 0 Å². The van der Waals surface area contributed by atoms with E-state index in [9.17, 15) is 18.0 Å². The van der Waals surface area contributed by atoms with Gasteiger partial charge >= 0.3 is 5.97 Å². The summed E-state index contributed by atoms with van der Waals surface area (Å²) in [5.41, 5.74) is 0.698. The Labute approximate surface area is 117 Å². The monoisotopic (exact) mass is 300 g/mol. The summed E-state index contributed by atoms with van der Waals surface area (Å²) < 4.78 is 25.4. The van der Waals surface area contributed by atoms with Crippen LogP contribution in [0.3, 0.4) is 0 Å². The number of carbonyl (C=O) groups is 2. The first kappa shape index (κ1) is 16.0. The normalized spacial score (nSPS) is 10.8. The molecule has 0 spiro atoms. The van der Waals surface area contributed by atoms with Gasteiger partial charge in [-0.3, -0.25) is 14.3 Å². The summed E-state index contributed by atoms with van der Waals surface area (Å²) in [5.74, 6) is -1.92. The third-order valence-electron chi connectivity index (χ3n) is 2.34. The SMILES string of the molecule is CCNC(=O)c1ccc(NS(=O)(=O)CCC(=O)O)cc1. The lowest BCUT2D eigenvalue weighted by Gasteiger charge is -2.08. The van der Waals surface area contributed by atoms with Crippen LogP contribution in [0.15, 0.2) is 24.3 Å². The van der Waals surface area contributed by atoms with Gasteiger partial charge in [-0.25, -0.2) is 8.42 Å². The van der Waals surface area contributed by atoms with Gasteiger partial charge in [0.25, 0.3) is 5.91 Å². The number of carboxylic acids is 1. The Morgan fingerprint density at radius 3 is 2.30 bits per heavy atom. The van der Waals surface area contributed by atoms with Crippen molar-refractivity contribution in [3.63, 3.8) is 0 Å². The van der Waals surface area contributed by atoms with Gasteiger partial charge in [0.05, 0.1) is 12.2 Å². The zero-order valence-corrected chi connectivity index (χ0v) is 11.7. The molecule has 0 saturated carbocycles. The number of nitrogens with one attached hydrogen (secondary N) is 2. The maximum atomic E-state index is 11.6. The van der Waals surface area contributed by atoms with Crippen LogP contribution in [0.4, 0.5) is 5.69 Å². The summed E-state index contributed by atoms with van der Waals surface area (Å²) in [5, 5.41) is 11.1. The topological polar surface area (TPSA) is 113 Å². The first-order valence-electron chi connectivity index (χ1n) is 5.94. The number of anilines is 1. The lowest BCUT2D eigenvalue weighted by Crippen LogP contribution is -2.22. The zero-order valence-electron chi connectivity index (χ0n) is 10.9. The van der Waals surface area contributed by atoms with Gasteiger partial charge < -0.3 is 10.4 Å². The van der Waals surface area contributed by atoms with E-state index < -0.39 is 28.2 Å². The Kier molecular flexibility index (Phi) is 5.51. The van der Waals surface area contributed by atoms with Crippen LogP contribution in [0.25, 0.3) is 0 Å². The van der Waals surface area contributed by atoms with Crippen molar-refractivity contribution in [1.82, 2.24) is 5.32 Å². The second kappa shape index (κ2) is 6.90. The predicted octanol–water partition coefficient (Wildman–Crippen LogP) is 0.653. The molecule has 0 radical (unpaired) electrons. The van der Waals surface area contributed by atoms with Crippen LogP contribution in [0.1, 0.15) is 23.7 Å². The molecule has 0 heterocycles. The number of carbonyl (C=O) groups excluding carboxylic acids is 1. The Morgan fingerprint density at radius 1 is 1.20 bits per heavy atom. The smallest absolute Gasteiger partial charge is 0.304 e. The molecule has 0 saturated heterocycles. The molecule has 1 amide bonds. The first-order valence-corrected chi connectivity index (χ1v) is 7.60. The fourth-order valence-corrected chi connectivity index (χ4v) is 2.45. The highest BCUT2D eigenvalue weighted by Crippen LogP contribution is 2.12. The van der Waals surface area contributed by atoms with Crippen LogP contribution in [-0.2, 0) is 14.8 Å². The minimum absolute atomic E-state index is 0.243. The van der Waals surface area contributed by atoms with Crippen LogP contribution in [0.5, 0.6) is 0 Å². The van der Waals surface area contributed by atoms with Crippen molar-refractivity contribution in [2.45, 2.75) is 13.3 Å². The van der Waals surface area contributed by atoms with E-state index in [1.807, 2.05) is 0 Å². The van der Waals surface area contributed by atoms with Gasteiger partial charge in [0.15, 0.2) is 0 Å². The van der Waals surface area contributed by atoms with Crippen molar-refractivity contribution in [3.8, 4) is 0 Å². The van der Waals surface area contributed by atoms with Crippen molar-refractivity contribution >= 4 is 27.6 Å². The van der Waals surface area contributed by atoms with E-state index in [4.69, 9.17) is 5.11 Å². The van der Waals surface area contributed by atoms with Gasteiger partial charge in [-0.05, 0) is 31.2 Å². The van der Waals surface area contributed by atoms with Crippen molar-refractivity contribution in [1.29, 1.82) is 0 Å². The molecular formula is C12H16N2O5S. The van der Waals surface area contributed by atoms with Gasteiger partial charge in [0.1, 0.15) is 0 Å². The number of amides is 1. The van der Waals surface area contributed by atoms with Crippen LogP contribution < -0.4 is 10.0 Å². The number of benzene rings is 1. The summed E-state index contributed by atoms with van der Waals surface area (Å²) in [6, 6.07) is 5.87. The minimum atomic E-state index is -3.70. The zero-order chi connectivity index (χ0) is 15.2. The molecule has 0 fully saturated rings. The average Bonchev–Trinajstić information content (AvgIpc) is 2.37. The van der Waals surface area contributed by atoms with Crippen LogP contribution in [-0.4, -0.2) is 37.7 Å². The third-order valence-corrected chi connectivity index (χ3v) is 3.63. The van der Waals surface area contributed by atoms with Crippen molar-refractivity contribution in [3.05, 3.63) is 29.8 Å². The molecule has 1 aromatic carbocycles. The number of rotatable bonds is 7. The summed E-state index contributed by atoms with van der Waals surface area (Å²) >= 11 is 0. The van der Waals surface area contributed by atoms with E-state index >= 15 is 0 Å². The summed E-state index contributed by atoms with van der Waals surface area (Å²) in [6.07, 6.45) is -0.466. The average molecular weight is 300 g/mol. The van der Waals surface area contributed by atoms with Gasteiger partial charge in [0.2, 0.25) is 10.0 Å². The van der Waals surface area contributed by atoms with E-state index in [0.717, 1.165) is 0 Å². The quantitative estimate of drug-likeness (QED) is 0.684. The molecule has 3 N–H and O–H groups in total. The van der Waals surface area contributed by atoms with Gasteiger partial charge in [-0.1, -0.05) is 0 Å². The van der Waals surface area contributed by atoms with E-state index in [0.29, 0.717) is 12.1 Å². The number of hydrogen-bond donors (Lipinski definition) is 3. The number of carboxylic acid groups (broad SMARTS) is 1. The Balaban J connectivity index is 2.70.